The molecular formula is C9H3Cl2F6NO2. The van der Waals surface area contributed by atoms with Crippen LogP contribution in [0.1, 0.15) is 21.7 Å². The van der Waals surface area contributed by atoms with Crippen molar-refractivity contribution in [1.82, 2.24) is 4.98 Å². The summed E-state index contributed by atoms with van der Waals surface area (Å²) in [4.78, 5) is 13.7. The van der Waals surface area contributed by atoms with Crippen molar-refractivity contribution in [2.45, 2.75) is 18.4 Å². The molecule has 0 fully saturated rings. The Balaban J connectivity index is 3.53. The first-order chi connectivity index (χ1) is 8.95. The van der Waals surface area contributed by atoms with E-state index in [0.717, 1.165) is 0 Å². The molecule has 1 aromatic rings. The van der Waals surface area contributed by atoms with Crippen molar-refractivity contribution in [1.29, 1.82) is 0 Å². The van der Waals surface area contributed by atoms with Gasteiger partial charge < -0.3 is 4.74 Å². The number of ether oxygens (including phenoxy) is 1. The monoisotopic (exact) mass is 341 g/mol. The molecule has 0 amide bonds. The Kier molecular flexibility index (Phi) is 4.75. The fourth-order valence-corrected chi connectivity index (χ4v) is 1.52. The molecule has 1 aromatic heterocycles. The second-order valence-electron chi connectivity index (χ2n) is 3.30. The highest BCUT2D eigenvalue weighted by molar-refractivity contribution is 6.67. The largest absolute Gasteiger partial charge is 0.573 e. The second-order valence-corrected chi connectivity index (χ2v) is 3.91. The van der Waals surface area contributed by atoms with Gasteiger partial charge in [0.1, 0.15) is 5.69 Å². The van der Waals surface area contributed by atoms with Gasteiger partial charge in [0.25, 0.3) is 5.24 Å². The Morgan fingerprint density at radius 2 is 1.80 bits per heavy atom. The van der Waals surface area contributed by atoms with Crippen LogP contribution in [-0.2, 0) is 12.1 Å². The number of nitrogens with zero attached hydrogens (tertiary/aromatic N) is 1. The van der Waals surface area contributed by atoms with Crippen molar-refractivity contribution < 1.29 is 35.9 Å². The predicted octanol–water partition coefficient (Wildman–Crippen LogP) is 4.12. The van der Waals surface area contributed by atoms with E-state index in [9.17, 15) is 31.1 Å². The zero-order valence-electron chi connectivity index (χ0n) is 9.07. The van der Waals surface area contributed by atoms with Crippen molar-refractivity contribution in [3.8, 4) is 5.75 Å². The van der Waals surface area contributed by atoms with Crippen molar-refractivity contribution >= 4 is 28.4 Å². The van der Waals surface area contributed by atoms with Crippen molar-refractivity contribution in [2.75, 3.05) is 0 Å². The molecule has 0 aliphatic heterocycles. The number of hydrogen-bond acceptors (Lipinski definition) is 3. The summed E-state index contributed by atoms with van der Waals surface area (Å²) in [7, 11) is 0. The molecule has 0 spiro atoms. The summed E-state index contributed by atoms with van der Waals surface area (Å²) in [6.45, 7) is 0. The summed E-state index contributed by atoms with van der Waals surface area (Å²) in [5, 5.41) is -1.64. The van der Waals surface area contributed by atoms with E-state index in [1.54, 1.807) is 0 Å². The number of rotatable bonds is 3. The van der Waals surface area contributed by atoms with Crippen LogP contribution in [0.4, 0.5) is 26.3 Å². The molecular weight excluding hydrogens is 339 g/mol. The number of carbonyl (C=O) groups is 1. The number of pyridine rings is 1. The maximum absolute atomic E-state index is 12.5. The predicted molar refractivity (Wildman–Crippen MR) is 55.7 cm³/mol. The van der Waals surface area contributed by atoms with Gasteiger partial charge in [-0.3, -0.25) is 4.79 Å². The van der Waals surface area contributed by atoms with Gasteiger partial charge in [0.2, 0.25) is 0 Å². The van der Waals surface area contributed by atoms with Crippen LogP contribution in [0.3, 0.4) is 0 Å². The van der Waals surface area contributed by atoms with Crippen LogP contribution in [0.25, 0.3) is 0 Å². The molecule has 0 saturated carbocycles. The molecule has 1 heterocycles. The molecule has 0 atom stereocenters. The highest BCUT2D eigenvalue weighted by atomic mass is 35.5. The molecule has 0 N–H and O–H groups in total. The van der Waals surface area contributed by atoms with Crippen molar-refractivity contribution in [2.24, 2.45) is 0 Å². The van der Waals surface area contributed by atoms with Gasteiger partial charge in [-0.15, -0.1) is 24.8 Å². The molecule has 11 heteroatoms. The van der Waals surface area contributed by atoms with E-state index in [4.69, 9.17) is 23.2 Å². The van der Waals surface area contributed by atoms with E-state index in [1.807, 2.05) is 0 Å². The van der Waals surface area contributed by atoms with Gasteiger partial charge in [0.05, 0.1) is 5.88 Å². The molecule has 0 unspecified atom stereocenters. The highest BCUT2D eigenvalue weighted by Crippen LogP contribution is 2.36. The highest BCUT2D eigenvalue weighted by Gasteiger charge is 2.38. The van der Waals surface area contributed by atoms with E-state index in [0.29, 0.717) is 0 Å². The van der Waals surface area contributed by atoms with Gasteiger partial charge in [-0.05, 0) is 17.7 Å². The fraction of sp³-hybridized carbons (Fsp3) is 0.333. The zero-order chi connectivity index (χ0) is 15.7. The van der Waals surface area contributed by atoms with Gasteiger partial charge >= 0.3 is 12.5 Å². The molecule has 0 radical (unpaired) electrons. The Hall–Kier alpha value is -1.22. The van der Waals surface area contributed by atoms with Crippen molar-refractivity contribution in [3.63, 3.8) is 0 Å². The Bertz CT molecular complexity index is 528. The lowest BCUT2D eigenvalue weighted by Crippen LogP contribution is -2.21. The number of alkyl halides is 7. The SMILES string of the molecule is O=C(Cl)c1nc(C(F)(F)F)cc(CCl)c1OC(F)(F)F. The number of halogens is 8. The lowest BCUT2D eigenvalue weighted by atomic mass is 10.2. The van der Waals surface area contributed by atoms with Crippen LogP contribution >= 0.6 is 23.2 Å². The summed E-state index contributed by atoms with van der Waals surface area (Å²) in [6, 6.07) is 0.247. The van der Waals surface area contributed by atoms with Crippen LogP contribution in [0.2, 0.25) is 0 Å². The summed E-state index contributed by atoms with van der Waals surface area (Å²) >= 11 is 10.2. The Morgan fingerprint density at radius 1 is 1.25 bits per heavy atom. The summed E-state index contributed by atoms with van der Waals surface area (Å²) in [5.41, 5.74) is -3.63. The first kappa shape index (κ1) is 16.8. The first-order valence-electron chi connectivity index (χ1n) is 4.58. The van der Waals surface area contributed by atoms with E-state index >= 15 is 0 Å². The van der Waals surface area contributed by atoms with Crippen LogP contribution in [0.15, 0.2) is 6.07 Å². The van der Waals surface area contributed by atoms with Gasteiger partial charge in [-0.25, -0.2) is 4.98 Å². The lowest BCUT2D eigenvalue weighted by Gasteiger charge is -2.16. The maximum Gasteiger partial charge on any atom is 0.573 e. The molecule has 0 aliphatic carbocycles. The average molecular weight is 342 g/mol. The standard InChI is InChI=1S/C9H3Cl2F6NO2/c10-2-3-1-4(8(12,13)14)18-5(7(11)19)6(3)20-9(15,16)17/h1H,2H2. The minimum atomic E-state index is -5.25. The van der Waals surface area contributed by atoms with Crippen LogP contribution < -0.4 is 4.74 Å². The normalized spacial score (nSPS) is 12.4. The Labute approximate surface area is 117 Å². The van der Waals surface area contributed by atoms with Gasteiger partial charge in [-0.2, -0.15) is 13.2 Å². The summed E-state index contributed by atoms with van der Waals surface area (Å²) < 4.78 is 77.4. The van der Waals surface area contributed by atoms with Crippen molar-refractivity contribution in [3.05, 3.63) is 23.0 Å². The van der Waals surface area contributed by atoms with Gasteiger partial charge in [0, 0.05) is 5.56 Å². The number of aromatic nitrogens is 1. The van der Waals surface area contributed by atoms with E-state index in [-0.39, 0.29) is 6.07 Å². The minimum absolute atomic E-state index is 0.247. The van der Waals surface area contributed by atoms with Crippen LogP contribution in [0, 0.1) is 0 Å². The molecule has 112 valence electrons. The molecule has 0 saturated heterocycles. The van der Waals surface area contributed by atoms with E-state index in [1.165, 1.54) is 0 Å². The second kappa shape index (κ2) is 5.65. The quantitative estimate of drug-likeness (QED) is 0.471. The third kappa shape index (κ3) is 4.14. The summed E-state index contributed by atoms with van der Waals surface area (Å²) in [6.07, 6.45) is -10.2. The Morgan fingerprint density at radius 3 is 2.15 bits per heavy atom. The van der Waals surface area contributed by atoms with E-state index < -0.39 is 46.4 Å². The van der Waals surface area contributed by atoms with E-state index in [2.05, 4.69) is 9.72 Å². The molecule has 3 nitrogen and oxygen atoms in total. The van der Waals surface area contributed by atoms with Crippen LogP contribution in [-0.4, -0.2) is 16.6 Å². The van der Waals surface area contributed by atoms with Crippen LogP contribution in [0.5, 0.6) is 5.75 Å². The minimum Gasteiger partial charge on any atom is -0.403 e. The zero-order valence-corrected chi connectivity index (χ0v) is 10.6. The molecule has 20 heavy (non-hydrogen) atoms. The van der Waals surface area contributed by atoms with Gasteiger partial charge in [0.15, 0.2) is 11.4 Å². The third-order valence-corrected chi connectivity index (χ3v) is 2.36. The molecule has 0 aliphatic rings. The average Bonchev–Trinajstić information content (AvgIpc) is 2.25. The molecule has 0 aromatic carbocycles. The maximum atomic E-state index is 12.5. The topological polar surface area (TPSA) is 39.2 Å². The number of hydrogen-bond donors (Lipinski definition) is 0. The number of carbonyl (C=O) groups excluding carboxylic acids is 1. The lowest BCUT2D eigenvalue weighted by molar-refractivity contribution is -0.275. The third-order valence-electron chi connectivity index (χ3n) is 1.89. The molecule has 0 bridgehead atoms. The van der Waals surface area contributed by atoms with Gasteiger partial charge in [-0.1, -0.05) is 0 Å². The summed E-state index contributed by atoms with van der Waals surface area (Å²) in [5.74, 6) is -2.02. The molecule has 1 rings (SSSR count). The fourth-order valence-electron chi connectivity index (χ4n) is 1.19. The smallest absolute Gasteiger partial charge is 0.403 e. The first-order valence-corrected chi connectivity index (χ1v) is 5.49.